The van der Waals surface area contributed by atoms with Crippen LogP contribution in [-0.2, 0) is 61.9 Å². The zero-order chi connectivity index (χ0) is 51.7. The molecule has 0 unspecified atom stereocenters. The van der Waals surface area contributed by atoms with Gasteiger partial charge < -0.3 is 53.0 Å². The number of halogens is 2. The molecule has 0 aromatic rings. The first-order valence-corrected chi connectivity index (χ1v) is 25.6. The van der Waals surface area contributed by atoms with E-state index in [1.807, 2.05) is 44.2 Å². The molecule has 2 N–H and O–H groups in total. The lowest BCUT2D eigenvalue weighted by Gasteiger charge is -2.43. The number of amides is 1. The summed E-state index contributed by atoms with van der Waals surface area (Å²) in [7, 11) is 2.78. The van der Waals surface area contributed by atoms with Crippen LogP contribution in [0.25, 0.3) is 0 Å². The molecule has 5 rings (SSSR count). The summed E-state index contributed by atoms with van der Waals surface area (Å²) in [4.78, 5) is 71.3. The van der Waals surface area contributed by atoms with Gasteiger partial charge in [-0.2, -0.15) is 8.78 Å². The molecule has 18 heteroatoms. The third-order valence-electron chi connectivity index (χ3n) is 14.8. The predicted octanol–water partition coefficient (Wildman–Crippen LogP) is 6.48. The molecule has 0 aromatic heterocycles. The van der Waals surface area contributed by atoms with E-state index in [9.17, 15) is 43.0 Å². The van der Waals surface area contributed by atoms with E-state index in [4.69, 9.17) is 37.9 Å². The molecule has 4 heterocycles. The molecule has 0 aromatic carbocycles. The molecule has 3 saturated heterocycles. The molecule has 400 valence electrons. The number of Topliss-reactive ketones (excluding diaryl/α,β-unsaturated/α-hetero) is 3. The Hall–Kier alpha value is -3.59. The first kappa shape index (κ1) is 58.3. The van der Waals surface area contributed by atoms with Crippen molar-refractivity contribution in [2.45, 2.75) is 191 Å². The lowest BCUT2D eigenvalue weighted by Crippen LogP contribution is -2.61. The fraction of sp³-hybridized carbons (Fsp3) is 0.755. The molecule has 1 amide bonds. The van der Waals surface area contributed by atoms with E-state index in [0.717, 1.165) is 10.5 Å². The molecule has 4 fully saturated rings. The molecular weight excluding hydrogens is 929 g/mol. The summed E-state index contributed by atoms with van der Waals surface area (Å²) < 4.78 is 72.0. The van der Waals surface area contributed by atoms with E-state index >= 15 is 0 Å². The first-order chi connectivity index (χ1) is 33.9. The Morgan fingerprint density at radius 3 is 2.35 bits per heavy atom. The topological polar surface area (TPSA) is 203 Å². The van der Waals surface area contributed by atoms with Crippen LogP contribution in [0.15, 0.2) is 47.6 Å². The van der Waals surface area contributed by atoms with Crippen LogP contribution in [0.2, 0.25) is 0 Å². The molecular formula is C53H79F2NO15. The number of cyclic esters (lactones) is 1. The van der Waals surface area contributed by atoms with Crippen molar-refractivity contribution in [3.05, 3.63) is 47.6 Å². The number of hydrogen-bond acceptors (Lipinski definition) is 15. The van der Waals surface area contributed by atoms with E-state index < -0.39 is 90.7 Å². The molecule has 0 spiro atoms. The van der Waals surface area contributed by atoms with Gasteiger partial charge in [0.15, 0.2) is 5.78 Å². The number of alkyl halides is 2. The molecule has 1 aliphatic carbocycles. The minimum Gasteiger partial charge on any atom is -0.460 e. The van der Waals surface area contributed by atoms with Gasteiger partial charge >= 0.3 is 12.6 Å². The zero-order valence-corrected chi connectivity index (χ0v) is 42.5. The van der Waals surface area contributed by atoms with Crippen LogP contribution in [0.1, 0.15) is 124 Å². The lowest BCUT2D eigenvalue weighted by molar-refractivity contribution is -0.266. The van der Waals surface area contributed by atoms with Gasteiger partial charge in [0, 0.05) is 52.4 Å². The second kappa shape index (κ2) is 28.8. The Labute approximate surface area is 417 Å². The zero-order valence-electron chi connectivity index (χ0n) is 42.5. The van der Waals surface area contributed by atoms with Crippen LogP contribution in [0, 0.1) is 17.8 Å². The van der Waals surface area contributed by atoms with Gasteiger partial charge in [0.25, 0.3) is 11.7 Å². The number of allylic oxidation sites excluding steroid dienone is 6. The summed E-state index contributed by atoms with van der Waals surface area (Å²) in [5, 5.41) is 23.3. The van der Waals surface area contributed by atoms with E-state index in [1.165, 1.54) is 20.3 Å². The highest BCUT2D eigenvalue weighted by atomic mass is 19.3. The average molecular weight is 1010 g/mol. The predicted molar refractivity (Wildman–Crippen MR) is 256 cm³/mol. The number of rotatable bonds is 12. The number of carbonyl (C=O) groups is 5. The number of nitrogens with zero attached hydrogens (tertiary/aromatic N) is 1. The Morgan fingerprint density at radius 2 is 1.65 bits per heavy atom. The third-order valence-corrected chi connectivity index (χ3v) is 14.8. The number of hydrogen-bond donors (Lipinski definition) is 2. The van der Waals surface area contributed by atoms with Crippen molar-refractivity contribution < 1.29 is 80.9 Å². The van der Waals surface area contributed by atoms with Crippen molar-refractivity contribution in [1.82, 2.24) is 4.90 Å². The van der Waals surface area contributed by atoms with Gasteiger partial charge in [0.2, 0.25) is 5.79 Å². The third kappa shape index (κ3) is 17.0. The summed E-state index contributed by atoms with van der Waals surface area (Å²) >= 11 is 0. The molecule has 0 radical (unpaired) electrons. The largest absolute Gasteiger partial charge is 0.460 e. The number of fused-ring (bicyclic) bond motifs is 3. The van der Waals surface area contributed by atoms with Crippen molar-refractivity contribution in [2.75, 3.05) is 47.2 Å². The number of carbonyl (C=O) groups excluding carboxylic acids is 5. The molecule has 16 nitrogen and oxygen atoms in total. The molecule has 1 saturated carbocycles. The summed E-state index contributed by atoms with van der Waals surface area (Å²) in [6.45, 7) is 5.69. The second-order valence-electron chi connectivity index (χ2n) is 20.0. The summed E-state index contributed by atoms with van der Waals surface area (Å²) in [6, 6.07) is -1.21. The number of piperidine rings is 1. The highest BCUT2D eigenvalue weighted by Gasteiger charge is 2.53. The smallest absolute Gasteiger partial charge is 0.345 e. The monoisotopic (exact) mass is 1010 g/mol. The molecule has 4 aliphatic heterocycles. The van der Waals surface area contributed by atoms with Crippen LogP contribution in [-0.4, -0.2) is 159 Å². The van der Waals surface area contributed by atoms with Gasteiger partial charge in [-0.3, -0.25) is 19.2 Å². The maximum Gasteiger partial charge on any atom is 0.345 e. The number of aliphatic hydroxyl groups excluding tert-OH is 1. The summed E-state index contributed by atoms with van der Waals surface area (Å²) in [6.07, 6.45) is 9.62. The average Bonchev–Trinajstić information content (AvgIpc) is 3.33. The number of methoxy groups -OCH3 is 2. The van der Waals surface area contributed by atoms with Gasteiger partial charge in [-0.05, 0) is 107 Å². The van der Waals surface area contributed by atoms with Crippen molar-refractivity contribution in [3.8, 4) is 0 Å². The maximum atomic E-state index is 14.4. The van der Waals surface area contributed by atoms with Gasteiger partial charge in [-0.25, -0.2) is 4.79 Å². The SMILES string of the molecule is CO[C@@H]1C[C@H](C[C@@H](C)[C@@H]2CC(=O)C/C=C(\C)[C@@H](O)[C@@H](OC)C(=O)CCC/C=C/C=C/C=C(\C)[C@@H](OCCOC3COC3)C[C@@H]3CC[C@@H](C)[C@@](O)(O3)C(=O)C(=O)N3CCCC[C@H]3C(=O)O2)CC[C@H]1OC(F)F. The van der Waals surface area contributed by atoms with E-state index in [1.54, 1.807) is 13.8 Å². The minimum absolute atomic E-state index is 0.00875. The molecule has 12 atom stereocenters. The first-order valence-electron chi connectivity index (χ1n) is 25.6. The Morgan fingerprint density at radius 1 is 0.887 bits per heavy atom. The normalized spacial score (nSPS) is 36.2. The Kier molecular flexibility index (Phi) is 23.6. The number of aliphatic hydroxyl groups is 2. The van der Waals surface area contributed by atoms with E-state index in [0.29, 0.717) is 89.6 Å². The highest BCUT2D eigenvalue weighted by molar-refractivity contribution is 6.39. The molecule has 5 aliphatic rings. The van der Waals surface area contributed by atoms with Gasteiger partial charge in [0.05, 0.1) is 50.8 Å². The number of ketones is 3. The fourth-order valence-corrected chi connectivity index (χ4v) is 10.2. The van der Waals surface area contributed by atoms with Gasteiger partial charge in [0.1, 0.15) is 36.2 Å². The molecule has 2 bridgehead atoms. The number of esters is 1. The quantitative estimate of drug-likeness (QED) is 0.0931. The van der Waals surface area contributed by atoms with Crippen LogP contribution >= 0.6 is 0 Å². The van der Waals surface area contributed by atoms with Crippen LogP contribution in [0.4, 0.5) is 8.78 Å². The van der Waals surface area contributed by atoms with Gasteiger partial charge in [-0.1, -0.05) is 50.3 Å². The lowest BCUT2D eigenvalue weighted by atomic mass is 9.78. The van der Waals surface area contributed by atoms with Crippen molar-refractivity contribution >= 4 is 29.2 Å². The summed E-state index contributed by atoms with van der Waals surface area (Å²) in [5.41, 5.74) is 1.19. The van der Waals surface area contributed by atoms with Crippen LogP contribution in [0.5, 0.6) is 0 Å². The van der Waals surface area contributed by atoms with Crippen LogP contribution < -0.4 is 0 Å². The van der Waals surface area contributed by atoms with Crippen LogP contribution in [0.3, 0.4) is 0 Å². The standard InChI is InChI=1S/C53H79F2NO15/c1-33-15-11-9-7-8-10-12-17-42(58)48(65-6)47(59)34(2)18-21-38(57)29-45(35(3)27-37-20-23-43(70-52(54)55)46(28-37)64-5)69-51(62)41-16-13-14-24-56(41)50(61)49(60)53(63)36(4)19-22-39(71-53)30-44(33)68-26-25-67-40-31-66-32-40/h7-9,11,15,18,35-37,39-41,43-48,52,59,63H,10,12-14,16-17,19-32H2,1-6H3/b8-7+,11-9+,33-15+,34-18+/t35-,36-,37+,39+,41+,43-,44+,45+,46-,47-,48+,53-/m1/s1. The Bertz CT molecular complexity index is 1890. The minimum atomic E-state index is -2.95. The van der Waals surface area contributed by atoms with E-state index in [-0.39, 0.29) is 68.8 Å². The number of ether oxygens (including phenoxy) is 8. The highest BCUT2D eigenvalue weighted by Crippen LogP contribution is 2.38. The van der Waals surface area contributed by atoms with Crippen molar-refractivity contribution in [3.63, 3.8) is 0 Å². The fourth-order valence-electron chi connectivity index (χ4n) is 10.2. The van der Waals surface area contributed by atoms with Gasteiger partial charge in [-0.15, -0.1) is 0 Å². The second-order valence-corrected chi connectivity index (χ2v) is 20.0. The Balaban J connectivity index is 1.41. The summed E-state index contributed by atoms with van der Waals surface area (Å²) in [5.74, 6) is -7.46. The van der Waals surface area contributed by atoms with Crippen molar-refractivity contribution in [1.29, 1.82) is 0 Å². The van der Waals surface area contributed by atoms with E-state index in [2.05, 4.69) is 0 Å². The molecule has 71 heavy (non-hydrogen) atoms. The maximum absolute atomic E-state index is 14.4. The van der Waals surface area contributed by atoms with Crippen molar-refractivity contribution in [2.24, 2.45) is 17.8 Å².